The van der Waals surface area contributed by atoms with Crippen LogP contribution in [0.3, 0.4) is 0 Å². The second-order valence-electron chi connectivity index (χ2n) is 5.84. The third kappa shape index (κ3) is 4.23. The number of ketones is 1. The van der Waals surface area contributed by atoms with E-state index in [1.807, 2.05) is 13.8 Å². The van der Waals surface area contributed by atoms with Crippen LogP contribution in [0.5, 0.6) is 0 Å². The van der Waals surface area contributed by atoms with Crippen molar-refractivity contribution in [1.29, 1.82) is 0 Å². The molecule has 1 aromatic rings. The molecule has 4 nitrogen and oxygen atoms in total. The maximum absolute atomic E-state index is 12.9. The average Bonchev–Trinajstić information content (AvgIpc) is 2.52. The summed E-state index contributed by atoms with van der Waals surface area (Å²) in [6.07, 6.45) is -1.85. The minimum absolute atomic E-state index is 0.0660. The lowest BCUT2D eigenvalue weighted by Crippen LogP contribution is -2.17. The molecule has 0 aromatic heterocycles. The van der Waals surface area contributed by atoms with Gasteiger partial charge in [0.05, 0.1) is 11.1 Å². The Labute approximate surface area is 142 Å². The summed E-state index contributed by atoms with van der Waals surface area (Å²) in [6.45, 7) is 5.24. The smallest absolute Gasteiger partial charge is 0.312 e. The van der Waals surface area contributed by atoms with Crippen molar-refractivity contribution in [2.75, 3.05) is 0 Å². The highest BCUT2D eigenvalue weighted by molar-refractivity contribution is 6.21. The van der Waals surface area contributed by atoms with Gasteiger partial charge in [-0.2, -0.15) is 13.2 Å². The lowest BCUT2D eigenvalue weighted by Gasteiger charge is -2.15. The van der Waals surface area contributed by atoms with E-state index in [0.29, 0.717) is 11.1 Å². The number of carbonyl (C=O) groups is 2. The van der Waals surface area contributed by atoms with Crippen LogP contribution >= 0.6 is 0 Å². The van der Waals surface area contributed by atoms with Crippen molar-refractivity contribution in [3.63, 3.8) is 0 Å². The molecule has 0 saturated carbocycles. The first-order valence-corrected chi connectivity index (χ1v) is 7.51. The van der Waals surface area contributed by atoms with Crippen LogP contribution in [0, 0.1) is 5.92 Å². The van der Waals surface area contributed by atoms with Crippen LogP contribution in [0.25, 0.3) is 0 Å². The molecular formula is C18H16F3NO3. The third-order valence-electron chi connectivity index (χ3n) is 3.63. The summed E-state index contributed by atoms with van der Waals surface area (Å²) >= 11 is 0. The van der Waals surface area contributed by atoms with Crippen LogP contribution in [0.1, 0.15) is 36.7 Å². The Morgan fingerprint density at radius 2 is 1.80 bits per heavy atom. The van der Waals surface area contributed by atoms with E-state index in [2.05, 4.69) is 9.99 Å². The van der Waals surface area contributed by atoms with E-state index in [4.69, 9.17) is 0 Å². The molecule has 0 spiro atoms. The molecule has 0 bridgehead atoms. The lowest BCUT2D eigenvalue weighted by molar-refractivity contribution is -0.138. The molecule has 0 radical (unpaired) electrons. The fraction of sp³-hybridized carbons (Fsp3) is 0.278. The van der Waals surface area contributed by atoms with Crippen LogP contribution in [-0.2, 0) is 15.8 Å². The maximum Gasteiger partial charge on any atom is 0.417 e. The van der Waals surface area contributed by atoms with Crippen molar-refractivity contribution in [1.82, 2.24) is 0 Å². The molecule has 1 aliphatic carbocycles. The molecule has 0 unspecified atom stereocenters. The van der Waals surface area contributed by atoms with E-state index >= 15 is 0 Å². The van der Waals surface area contributed by atoms with Crippen LogP contribution in [-0.4, -0.2) is 17.5 Å². The molecule has 0 heterocycles. The largest absolute Gasteiger partial charge is 0.417 e. The SMILES string of the molecule is CC1=CC(=O)C(C(C)C)=CC1=NOC(=O)c1ccccc1C(F)(F)F. The summed E-state index contributed by atoms with van der Waals surface area (Å²) in [5.41, 5.74) is -0.547. The molecule has 0 fully saturated rings. The van der Waals surface area contributed by atoms with Crippen LogP contribution in [0.15, 0.2) is 52.7 Å². The molecule has 25 heavy (non-hydrogen) atoms. The summed E-state index contributed by atoms with van der Waals surface area (Å²) in [5.74, 6) is -1.45. The fourth-order valence-corrected chi connectivity index (χ4v) is 2.28. The van der Waals surface area contributed by atoms with Crippen molar-refractivity contribution in [3.8, 4) is 0 Å². The van der Waals surface area contributed by atoms with Crippen molar-refractivity contribution >= 4 is 17.5 Å². The van der Waals surface area contributed by atoms with Gasteiger partial charge in [0.2, 0.25) is 0 Å². The molecule has 0 amide bonds. The van der Waals surface area contributed by atoms with Gasteiger partial charge in [-0.25, -0.2) is 4.79 Å². The Hall–Kier alpha value is -2.70. The number of benzene rings is 1. The number of nitrogens with zero attached hydrogens (tertiary/aromatic N) is 1. The van der Waals surface area contributed by atoms with Gasteiger partial charge in [0.25, 0.3) is 0 Å². The first-order chi connectivity index (χ1) is 11.6. The standard InChI is InChI=1S/C18H16F3NO3/c1-10(2)13-9-15(11(3)8-16(13)23)22-25-17(24)12-6-4-5-7-14(12)18(19,20)21/h4-10H,1-3H3. The Bertz CT molecular complexity index is 802. The highest BCUT2D eigenvalue weighted by Crippen LogP contribution is 2.32. The molecule has 0 atom stereocenters. The van der Waals surface area contributed by atoms with Gasteiger partial charge >= 0.3 is 12.1 Å². The lowest BCUT2D eigenvalue weighted by atomic mass is 9.90. The van der Waals surface area contributed by atoms with Gasteiger partial charge in [0.15, 0.2) is 5.78 Å². The number of hydrogen-bond donors (Lipinski definition) is 0. The first kappa shape index (κ1) is 18.6. The molecule has 132 valence electrons. The van der Waals surface area contributed by atoms with E-state index in [1.54, 1.807) is 6.92 Å². The summed E-state index contributed by atoms with van der Waals surface area (Å²) in [4.78, 5) is 28.6. The van der Waals surface area contributed by atoms with Crippen molar-refractivity contribution < 1.29 is 27.6 Å². The van der Waals surface area contributed by atoms with Crippen molar-refractivity contribution in [2.24, 2.45) is 11.1 Å². The van der Waals surface area contributed by atoms with E-state index in [-0.39, 0.29) is 17.4 Å². The number of oxime groups is 1. The topological polar surface area (TPSA) is 55.7 Å². The Morgan fingerprint density at radius 3 is 2.40 bits per heavy atom. The fourth-order valence-electron chi connectivity index (χ4n) is 2.28. The number of carbonyl (C=O) groups excluding carboxylic acids is 2. The minimum atomic E-state index is -4.68. The van der Waals surface area contributed by atoms with Crippen molar-refractivity contribution in [2.45, 2.75) is 26.9 Å². The monoisotopic (exact) mass is 351 g/mol. The Kier molecular flexibility index (Phi) is 5.25. The molecule has 7 heteroatoms. The molecule has 1 aliphatic rings. The minimum Gasteiger partial charge on any atom is -0.312 e. The quantitative estimate of drug-likeness (QED) is 0.463. The molecule has 0 N–H and O–H groups in total. The van der Waals surface area contributed by atoms with Gasteiger partial charge in [0, 0.05) is 5.57 Å². The maximum atomic E-state index is 12.9. The van der Waals surface area contributed by atoms with Crippen LogP contribution in [0.4, 0.5) is 13.2 Å². The van der Waals surface area contributed by atoms with E-state index in [9.17, 15) is 22.8 Å². The molecule has 0 saturated heterocycles. The number of rotatable bonds is 3. The number of hydrogen-bond acceptors (Lipinski definition) is 4. The second-order valence-corrected chi connectivity index (χ2v) is 5.84. The summed E-state index contributed by atoms with van der Waals surface area (Å²) in [6, 6.07) is 4.31. The Morgan fingerprint density at radius 1 is 1.16 bits per heavy atom. The Balaban J connectivity index is 2.29. The number of alkyl halides is 3. The molecular weight excluding hydrogens is 335 g/mol. The van der Waals surface area contributed by atoms with Gasteiger partial charge in [-0.15, -0.1) is 0 Å². The van der Waals surface area contributed by atoms with Crippen LogP contribution in [0.2, 0.25) is 0 Å². The molecule has 0 aliphatic heterocycles. The predicted octanol–water partition coefficient (Wildman–Crippen LogP) is 4.33. The molecule has 1 aromatic carbocycles. The van der Waals surface area contributed by atoms with Gasteiger partial charge in [0.1, 0.15) is 5.71 Å². The molecule has 2 rings (SSSR count). The van der Waals surface area contributed by atoms with Crippen LogP contribution < -0.4 is 0 Å². The van der Waals surface area contributed by atoms with Gasteiger partial charge < -0.3 is 4.84 Å². The normalized spacial score (nSPS) is 16.8. The van der Waals surface area contributed by atoms with Gasteiger partial charge in [-0.3, -0.25) is 4.79 Å². The number of allylic oxidation sites excluding steroid dienone is 4. The zero-order chi connectivity index (χ0) is 18.8. The third-order valence-corrected chi connectivity index (χ3v) is 3.63. The zero-order valence-corrected chi connectivity index (χ0v) is 13.8. The second kappa shape index (κ2) is 7.04. The van der Waals surface area contributed by atoms with E-state index in [1.165, 1.54) is 24.3 Å². The zero-order valence-electron chi connectivity index (χ0n) is 13.8. The van der Waals surface area contributed by atoms with Gasteiger partial charge in [-0.05, 0) is 42.7 Å². The van der Waals surface area contributed by atoms with E-state index < -0.39 is 23.3 Å². The first-order valence-electron chi connectivity index (χ1n) is 7.51. The summed E-state index contributed by atoms with van der Waals surface area (Å²) < 4.78 is 38.8. The van der Waals surface area contributed by atoms with E-state index in [0.717, 1.165) is 12.1 Å². The summed E-state index contributed by atoms with van der Waals surface area (Å²) in [5, 5.41) is 3.63. The summed E-state index contributed by atoms with van der Waals surface area (Å²) in [7, 11) is 0. The predicted molar refractivity (Wildman–Crippen MR) is 86.0 cm³/mol. The van der Waals surface area contributed by atoms with Gasteiger partial charge in [-0.1, -0.05) is 31.1 Å². The van der Waals surface area contributed by atoms with Crippen molar-refractivity contribution in [3.05, 3.63) is 58.7 Å². The number of halogens is 3. The highest BCUT2D eigenvalue weighted by atomic mass is 19.4. The average molecular weight is 351 g/mol. The highest BCUT2D eigenvalue weighted by Gasteiger charge is 2.35.